The summed E-state index contributed by atoms with van der Waals surface area (Å²) < 4.78 is 13.0. The summed E-state index contributed by atoms with van der Waals surface area (Å²) in [6.45, 7) is 1.81. The molecule has 2 nitrogen and oxygen atoms in total. The number of rotatable bonds is 0. The van der Waals surface area contributed by atoms with Gasteiger partial charge in [-0.15, -0.1) is 0 Å². The van der Waals surface area contributed by atoms with Crippen LogP contribution in [0.5, 0.6) is 0 Å². The van der Waals surface area contributed by atoms with Crippen LogP contribution in [0.25, 0.3) is 0 Å². The topological polar surface area (TPSA) is 29.3 Å². The molecule has 2 rings (SSSR count). The van der Waals surface area contributed by atoms with Gasteiger partial charge in [0.25, 0.3) is 0 Å². The molecule has 0 fully saturated rings. The van der Waals surface area contributed by atoms with Gasteiger partial charge in [0.05, 0.1) is 0 Å². The van der Waals surface area contributed by atoms with E-state index in [1.165, 1.54) is 6.07 Å². The lowest BCUT2D eigenvalue weighted by molar-refractivity contribution is 0.312. The summed E-state index contributed by atoms with van der Waals surface area (Å²) >= 11 is 0. The molecule has 3 heteroatoms. The van der Waals surface area contributed by atoms with Crippen molar-refractivity contribution in [3.8, 4) is 0 Å². The maximum absolute atomic E-state index is 13.0. The monoisotopic (exact) mass is 180 g/mol. The van der Waals surface area contributed by atoms with Crippen LogP contribution in [0.2, 0.25) is 0 Å². The average Bonchev–Trinajstić information content (AvgIpc) is 2.02. The van der Waals surface area contributed by atoms with Crippen LogP contribution in [0.4, 0.5) is 10.1 Å². The molecular formula is C10H13FN2. The van der Waals surface area contributed by atoms with Gasteiger partial charge in [0.15, 0.2) is 0 Å². The Morgan fingerprint density at radius 3 is 3.00 bits per heavy atom. The molecule has 2 N–H and O–H groups in total. The fourth-order valence-corrected chi connectivity index (χ4v) is 1.83. The van der Waals surface area contributed by atoms with Crippen molar-refractivity contribution < 1.29 is 4.39 Å². The van der Waals surface area contributed by atoms with E-state index in [2.05, 4.69) is 4.90 Å². The molecule has 0 spiro atoms. The second-order valence-corrected chi connectivity index (χ2v) is 3.62. The van der Waals surface area contributed by atoms with E-state index in [0.717, 1.165) is 30.6 Å². The van der Waals surface area contributed by atoms with E-state index in [9.17, 15) is 4.39 Å². The van der Waals surface area contributed by atoms with Crippen LogP contribution < -0.4 is 5.73 Å². The van der Waals surface area contributed by atoms with Gasteiger partial charge >= 0.3 is 0 Å². The Kier molecular flexibility index (Phi) is 1.96. The number of halogens is 1. The average molecular weight is 180 g/mol. The second-order valence-electron chi connectivity index (χ2n) is 3.62. The summed E-state index contributed by atoms with van der Waals surface area (Å²) in [5.41, 5.74) is 8.49. The van der Waals surface area contributed by atoms with Crippen molar-refractivity contribution in [2.45, 2.75) is 13.0 Å². The Morgan fingerprint density at radius 1 is 1.46 bits per heavy atom. The first-order valence-electron chi connectivity index (χ1n) is 4.42. The van der Waals surface area contributed by atoms with Crippen LogP contribution in [-0.4, -0.2) is 18.5 Å². The molecule has 0 bridgehead atoms. The number of benzene rings is 1. The molecule has 0 saturated heterocycles. The number of fused-ring (bicyclic) bond motifs is 1. The molecule has 0 unspecified atom stereocenters. The van der Waals surface area contributed by atoms with E-state index in [1.807, 2.05) is 7.05 Å². The van der Waals surface area contributed by atoms with Crippen LogP contribution in [0.1, 0.15) is 11.1 Å². The van der Waals surface area contributed by atoms with E-state index in [-0.39, 0.29) is 5.82 Å². The summed E-state index contributed by atoms with van der Waals surface area (Å²) in [5.74, 6) is -0.230. The summed E-state index contributed by atoms with van der Waals surface area (Å²) in [6.07, 6.45) is 0.929. The minimum absolute atomic E-state index is 0.230. The molecule has 1 aromatic rings. The summed E-state index contributed by atoms with van der Waals surface area (Å²) in [6, 6.07) is 2.99. The number of hydrogen-bond donors (Lipinski definition) is 1. The molecule has 0 aliphatic carbocycles. The van der Waals surface area contributed by atoms with Gasteiger partial charge in [0.2, 0.25) is 0 Å². The smallest absolute Gasteiger partial charge is 0.125 e. The van der Waals surface area contributed by atoms with Crippen molar-refractivity contribution in [1.82, 2.24) is 4.90 Å². The number of anilines is 1. The zero-order valence-corrected chi connectivity index (χ0v) is 7.68. The highest BCUT2D eigenvalue weighted by Crippen LogP contribution is 2.24. The first-order chi connectivity index (χ1) is 6.16. The number of hydrogen-bond acceptors (Lipinski definition) is 2. The lowest BCUT2D eigenvalue weighted by Gasteiger charge is -2.25. The molecule has 1 aliphatic rings. The van der Waals surface area contributed by atoms with Crippen molar-refractivity contribution in [1.29, 1.82) is 0 Å². The largest absolute Gasteiger partial charge is 0.398 e. The number of likely N-dealkylation sites (N-methyl/N-ethyl adjacent to an activating group) is 1. The van der Waals surface area contributed by atoms with Crippen LogP contribution in [0, 0.1) is 5.82 Å². The highest BCUT2D eigenvalue weighted by molar-refractivity contribution is 5.52. The Labute approximate surface area is 77.2 Å². The molecule has 0 radical (unpaired) electrons. The van der Waals surface area contributed by atoms with Crippen LogP contribution in [-0.2, 0) is 13.0 Å². The Bertz CT molecular complexity index is 336. The molecular weight excluding hydrogens is 167 g/mol. The second kappa shape index (κ2) is 3.00. The van der Waals surface area contributed by atoms with E-state index in [4.69, 9.17) is 5.73 Å². The van der Waals surface area contributed by atoms with Gasteiger partial charge in [-0.3, -0.25) is 0 Å². The highest BCUT2D eigenvalue weighted by atomic mass is 19.1. The maximum Gasteiger partial charge on any atom is 0.125 e. The SMILES string of the molecule is CN1CCc2c(N)cc(F)cc2C1. The third-order valence-corrected chi connectivity index (χ3v) is 2.53. The molecule has 13 heavy (non-hydrogen) atoms. The van der Waals surface area contributed by atoms with Gasteiger partial charge in [-0.1, -0.05) is 0 Å². The fraction of sp³-hybridized carbons (Fsp3) is 0.400. The molecule has 70 valence electrons. The molecule has 1 aromatic carbocycles. The third-order valence-electron chi connectivity index (χ3n) is 2.53. The fourth-order valence-electron chi connectivity index (χ4n) is 1.83. The van der Waals surface area contributed by atoms with E-state index in [1.54, 1.807) is 6.07 Å². The predicted molar refractivity (Wildman–Crippen MR) is 50.9 cm³/mol. The molecule has 0 aromatic heterocycles. The Morgan fingerprint density at radius 2 is 2.23 bits per heavy atom. The van der Waals surface area contributed by atoms with Crippen molar-refractivity contribution in [2.24, 2.45) is 0 Å². The van der Waals surface area contributed by atoms with Gasteiger partial charge in [-0.05, 0) is 36.7 Å². The van der Waals surface area contributed by atoms with Gasteiger partial charge in [-0.25, -0.2) is 4.39 Å². The molecule has 0 saturated carbocycles. The molecule has 0 atom stereocenters. The Hall–Kier alpha value is -1.09. The standard InChI is InChI=1S/C10H13FN2/c1-13-3-2-9-7(6-13)4-8(11)5-10(9)12/h4-5H,2-3,6,12H2,1H3. The first-order valence-corrected chi connectivity index (χ1v) is 4.42. The third kappa shape index (κ3) is 1.52. The van der Waals surface area contributed by atoms with Crippen LogP contribution in [0.15, 0.2) is 12.1 Å². The zero-order chi connectivity index (χ0) is 9.42. The van der Waals surface area contributed by atoms with Crippen molar-refractivity contribution in [3.63, 3.8) is 0 Å². The summed E-state index contributed by atoms with van der Waals surface area (Å²) in [7, 11) is 2.03. The zero-order valence-electron chi connectivity index (χ0n) is 7.68. The lowest BCUT2D eigenvalue weighted by atomic mass is 9.98. The minimum Gasteiger partial charge on any atom is -0.398 e. The molecule has 1 aliphatic heterocycles. The quantitative estimate of drug-likeness (QED) is 0.611. The number of nitrogen functional groups attached to an aromatic ring is 1. The molecule has 0 amide bonds. The summed E-state index contributed by atoms with van der Waals surface area (Å²) in [4.78, 5) is 2.17. The van der Waals surface area contributed by atoms with Gasteiger partial charge in [0.1, 0.15) is 5.82 Å². The maximum atomic E-state index is 13.0. The number of nitrogens with zero attached hydrogens (tertiary/aromatic N) is 1. The van der Waals surface area contributed by atoms with Crippen molar-refractivity contribution >= 4 is 5.69 Å². The lowest BCUT2D eigenvalue weighted by Crippen LogP contribution is -2.27. The predicted octanol–water partition coefficient (Wildman–Crippen LogP) is 1.40. The van der Waals surface area contributed by atoms with Gasteiger partial charge < -0.3 is 10.6 Å². The summed E-state index contributed by atoms with van der Waals surface area (Å²) in [5, 5.41) is 0. The Balaban J connectivity index is 2.47. The van der Waals surface area contributed by atoms with Crippen LogP contribution in [0.3, 0.4) is 0 Å². The van der Waals surface area contributed by atoms with E-state index in [0.29, 0.717) is 5.69 Å². The van der Waals surface area contributed by atoms with Crippen molar-refractivity contribution in [3.05, 3.63) is 29.1 Å². The van der Waals surface area contributed by atoms with E-state index >= 15 is 0 Å². The van der Waals surface area contributed by atoms with E-state index < -0.39 is 0 Å². The van der Waals surface area contributed by atoms with Gasteiger partial charge in [-0.2, -0.15) is 0 Å². The van der Waals surface area contributed by atoms with Crippen LogP contribution >= 0.6 is 0 Å². The van der Waals surface area contributed by atoms with Gasteiger partial charge in [0, 0.05) is 18.8 Å². The highest BCUT2D eigenvalue weighted by Gasteiger charge is 2.16. The first kappa shape index (κ1) is 8.51. The minimum atomic E-state index is -0.230. The van der Waals surface area contributed by atoms with Crippen molar-refractivity contribution in [2.75, 3.05) is 19.3 Å². The molecule has 1 heterocycles. The number of nitrogens with two attached hydrogens (primary N) is 1. The normalized spacial score (nSPS) is 17.1.